The largest absolute Gasteiger partial charge is 0.376 e. The monoisotopic (exact) mass is 319 g/mol. The highest BCUT2D eigenvalue weighted by Crippen LogP contribution is 2.28. The van der Waals surface area contributed by atoms with E-state index >= 15 is 0 Å². The van der Waals surface area contributed by atoms with Crippen molar-refractivity contribution in [1.82, 2.24) is 0 Å². The molecule has 22 heavy (non-hydrogen) atoms. The van der Waals surface area contributed by atoms with Gasteiger partial charge in [0.05, 0.1) is 16.3 Å². The molecular formula is C15H14ClN3O3. The van der Waals surface area contributed by atoms with Crippen LogP contribution < -0.4 is 10.2 Å². The molecule has 0 aliphatic rings. The van der Waals surface area contributed by atoms with E-state index in [-0.39, 0.29) is 11.3 Å². The molecule has 0 spiro atoms. The Kier molecular flexibility index (Phi) is 4.62. The molecule has 2 aromatic carbocycles. The lowest BCUT2D eigenvalue weighted by Crippen LogP contribution is -2.16. The van der Waals surface area contributed by atoms with E-state index in [4.69, 9.17) is 11.6 Å². The van der Waals surface area contributed by atoms with Crippen LogP contribution in [0.1, 0.15) is 10.4 Å². The Balaban J connectivity index is 2.31. The van der Waals surface area contributed by atoms with Gasteiger partial charge < -0.3 is 10.2 Å². The first-order valence-electron chi connectivity index (χ1n) is 6.41. The third-order valence-corrected chi connectivity index (χ3v) is 3.24. The van der Waals surface area contributed by atoms with Gasteiger partial charge in [-0.1, -0.05) is 17.7 Å². The molecule has 0 saturated carbocycles. The Hall–Kier alpha value is -2.60. The molecule has 0 aliphatic heterocycles. The summed E-state index contributed by atoms with van der Waals surface area (Å²) >= 11 is 5.96. The van der Waals surface area contributed by atoms with Gasteiger partial charge in [0, 0.05) is 36.8 Å². The summed E-state index contributed by atoms with van der Waals surface area (Å²) in [6.45, 7) is 0. The molecular weight excluding hydrogens is 306 g/mol. The second-order valence-corrected chi connectivity index (χ2v) is 5.25. The van der Waals surface area contributed by atoms with E-state index in [1.807, 2.05) is 19.0 Å². The van der Waals surface area contributed by atoms with Gasteiger partial charge >= 0.3 is 0 Å². The van der Waals surface area contributed by atoms with Gasteiger partial charge in [-0.25, -0.2) is 0 Å². The SMILES string of the molecule is CN(C)c1ccc(Cl)cc1NC(=O)c1cccc([N+](=O)[O-])c1. The van der Waals surface area contributed by atoms with Gasteiger partial charge in [-0.2, -0.15) is 0 Å². The molecule has 1 amide bonds. The number of halogens is 1. The standard InChI is InChI=1S/C15H14ClN3O3/c1-18(2)14-7-6-11(16)9-13(14)17-15(20)10-4-3-5-12(8-10)19(21)22/h3-9H,1-2H3,(H,17,20). The molecule has 0 saturated heterocycles. The summed E-state index contributed by atoms with van der Waals surface area (Å²) in [6.07, 6.45) is 0. The average Bonchev–Trinajstić information content (AvgIpc) is 2.47. The first-order valence-corrected chi connectivity index (χ1v) is 6.79. The molecule has 7 heteroatoms. The molecule has 2 aromatic rings. The minimum atomic E-state index is -0.540. The van der Waals surface area contributed by atoms with Gasteiger partial charge in [0.1, 0.15) is 0 Å². The second-order valence-electron chi connectivity index (χ2n) is 4.82. The summed E-state index contributed by atoms with van der Waals surface area (Å²) < 4.78 is 0. The highest BCUT2D eigenvalue weighted by atomic mass is 35.5. The number of anilines is 2. The van der Waals surface area contributed by atoms with Crippen molar-refractivity contribution in [2.75, 3.05) is 24.3 Å². The highest BCUT2D eigenvalue weighted by molar-refractivity contribution is 6.31. The van der Waals surface area contributed by atoms with Crippen LogP contribution in [-0.2, 0) is 0 Å². The summed E-state index contributed by atoms with van der Waals surface area (Å²) in [5.41, 5.74) is 1.39. The number of nitrogens with one attached hydrogen (secondary N) is 1. The van der Waals surface area contributed by atoms with Crippen LogP contribution in [0.4, 0.5) is 17.1 Å². The predicted octanol–water partition coefficient (Wildman–Crippen LogP) is 3.57. The van der Waals surface area contributed by atoms with Crippen molar-refractivity contribution in [1.29, 1.82) is 0 Å². The van der Waals surface area contributed by atoms with E-state index in [1.54, 1.807) is 18.2 Å². The smallest absolute Gasteiger partial charge is 0.270 e. The zero-order valence-electron chi connectivity index (χ0n) is 12.0. The van der Waals surface area contributed by atoms with Crippen molar-refractivity contribution in [3.8, 4) is 0 Å². The Morgan fingerprint density at radius 1 is 1.23 bits per heavy atom. The molecule has 0 radical (unpaired) electrons. The Morgan fingerprint density at radius 3 is 2.59 bits per heavy atom. The number of rotatable bonds is 4. The third-order valence-electron chi connectivity index (χ3n) is 3.01. The lowest BCUT2D eigenvalue weighted by Gasteiger charge is -2.18. The van der Waals surface area contributed by atoms with Crippen LogP contribution in [0.2, 0.25) is 5.02 Å². The fourth-order valence-corrected chi connectivity index (χ4v) is 2.13. The van der Waals surface area contributed by atoms with Crippen LogP contribution in [0.15, 0.2) is 42.5 Å². The summed E-state index contributed by atoms with van der Waals surface area (Å²) in [7, 11) is 3.68. The maximum Gasteiger partial charge on any atom is 0.270 e. The van der Waals surface area contributed by atoms with E-state index in [1.165, 1.54) is 24.3 Å². The van der Waals surface area contributed by atoms with Crippen LogP contribution in [0.25, 0.3) is 0 Å². The maximum absolute atomic E-state index is 12.3. The number of non-ortho nitro benzene ring substituents is 1. The van der Waals surface area contributed by atoms with E-state index in [0.717, 1.165) is 5.69 Å². The number of benzene rings is 2. The minimum Gasteiger partial charge on any atom is -0.376 e. The quantitative estimate of drug-likeness (QED) is 0.690. The van der Waals surface area contributed by atoms with Crippen LogP contribution >= 0.6 is 11.6 Å². The van der Waals surface area contributed by atoms with E-state index < -0.39 is 10.8 Å². The topological polar surface area (TPSA) is 75.5 Å². The summed E-state index contributed by atoms with van der Waals surface area (Å²) in [5, 5.41) is 14.0. The molecule has 2 rings (SSSR count). The Labute approximate surface area is 132 Å². The van der Waals surface area contributed by atoms with Gasteiger partial charge in [0.2, 0.25) is 0 Å². The molecule has 0 atom stereocenters. The molecule has 0 aliphatic carbocycles. The molecule has 0 heterocycles. The van der Waals surface area contributed by atoms with Gasteiger partial charge in [0.25, 0.3) is 11.6 Å². The lowest BCUT2D eigenvalue weighted by atomic mass is 10.1. The van der Waals surface area contributed by atoms with Crippen LogP contribution in [0, 0.1) is 10.1 Å². The number of hydrogen-bond acceptors (Lipinski definition) is 4. The van der Waals surface area contributed by atoms with E-state index in [2.05, 4.69) is 5.32 Å². The molecule has 6 nitrogen and oxygen atoms in total. The van der Waals surface area contributed by atoms with Crippen LogP contribution in [0.3, 0.4) is 0 Å². The maximum atomic E-state index is 12.3. The van der Waals surface area contributed by atoms with Crippen molar-refractivity contribution in [3.63, 3.8) is 0 Å². The molecule has 0 fully saturated rings. The van der Waals surface area contributed by atoms with Gasteiger partial charge in [-0.05, 0) is 24.3 Å². The average molecular weight is 320 g/mol. The molecule has 114 valence electrons. The number of nitro groups is 1. The Morgan fingerprint density at radius 2 is 1.95 bits per heavy atom. The summed E-state index contributed by atoms with van der Waals surface area (Å²) in [4.78, 5) is 24.3. The first kappa shape index (κ1) is 15.8. The lowest BCUT2D eigenvalue weighted by molar-refractivity contribution is -0.384. The number of nitrogens with zero attached hydrogens (tertiary/aromatic N) is 2. The molecule has 0 aromatic heterocycles. The summed E-state index contributed by atoms with van der Waals surface area (Å²) in [5.74, 6) is -0.436. The van der Waals surface area contributed by atoms with Crippen molar-refractivity contribution in [2.45, 2.75) is 0 Å². The van der Waals surface area contributed by atoms with Crippen LogP contribution in [-0.4, -0.2) is 24.9 Å². The normalized spacial score (nSPS) is 10.1. The number of carbonyl (C=O) groups excluding carboxylic acids is 1. The number of carbonyl (C=O) groups is 1. The predicted molar refractivity (Wildman–Crippen MR) is 86.8 cm³/mol. The van der Waals surface area contributed by atoms with Crippen molar-refractivity contribution < 1.29 is 9.72 Å². The number of nitro benzene ring substituents is 1. The van der Waals surface area contributed by atoms with E-state index in [9.17, 15) is 14.9 Å². The second kappa shape index (κ2) is 6.44. The molecule has 1 N–H and O–H groups in total. The highest BCUT2D eigenvalue weighted by Gasteiger charge is 2.14. The first-order chi connectivity index (χ1) is 10.4. The summed E-state index contributed by atoms with van der Waals surface area (Å²) in [6, 6.07) is 10.7. The van der Waals surface area contributed by atoms with Gasteiger partial charge in [0.15, 0.2) is 0 Å². The zero-order chi connectivity index (χ0) is 16.3. The third kappa shape index (κ3) is 3.53. The fourth-order valence-electron chi connectivity index (χ4n) is 1.95. The van der Waals surface area contributed by atoms with Crippen molar-refractivity contribution in [2.24, 2.45) is 0 Å². The number of hydrogen-bond donors (Lipinski definition) is 1. The zero-order valence-corrected chi connectivity index (χ0v) is 12.8. The van der Waals surface area contributed by atoms with Crippen molar-refractivity contribution in [3.05, 3.63) is 63.2 Å². The van der Waals surface area contributed by atoms with Gasteiger partial charge in [-0.15, -0.1) is 0 Å². The van der Waals surface area contributed by atoms with Gasteiger partial charge in [-0.3, -0.25) is 14.9 Å². The molecule has 0 unspecified atom stereocenters. The number of amides is 1. The minimum absolute atomic E-state index is 0.133. The van der Waals surface area contributed by atoms with Crippen molar-refractivity contribution >= 4 is 34.6 Å². The Bertz CT molecular complexity index is 732. The fraction of sp³-hybridized carbons (Fsp3) is 0.133. The molecule has 0 bridgehead atoms. The van der Waals surface area contributed by atoms with Crippen LogP contribution in [0.5, 0.6) is 0 Å². The van der Waals surface area contributed by atoms with E-state index in [0.29, 0.717) is 10.7 Å².